The Morgan fingerprint density at radius 1 is 1.40 bits per heavy atom. The molecule has 0 fully saturated rings. The zero-order chi connectivity index (χ0) is 14.5. The van der Waals surface area contributed by atoms with Crippen molar-refractivity contribution in [2.75, 3.05) is 13.2 Å². The van der Waals surface area contributed by atoms with Crippen molar-refractivity contribution in [3.8, 4) is 0 Å². The molecule has 2 heterocycles. The third-order valence-corrected chi connectivity index (χ3v) is 3.20. The van der Waals surface area contributed by atoms with Gasteiger partial charge < -0.3 is 14.6 Å². The van der Waals surface area contributed by atoms with Gasteiger partial charge >= 0.3 is 0 Å². The lowest BCUT2D eigenvalue weighted by Crippen LogP contribution is -2.34. The Morgan fingerprint density at radius 3 is 2.80 bits per heavy atom. The quantitative estimate of drug-likeness (QED) is 0.873. The molecule has 0 bridgehead atoms. The van der Waals surface area contributed by atoms with Crippen LogP contribution in [-0.4, -0.2) is 43.6 Å². The van der Waals surface area contributed by atoms with Crippen molar-refractivity contribution in [3.63, 3.8) is 0 Å². The van der Waals surface area contributed by atoms with Crippen molar-refractivity contribution >= 4 is 5.91 Å². The maximum atomic E-state index is 12.5. The predicted molar refractivity (Wildman–Crippen MR) is 74.0 cm³/mol. The summed E-state index contributed by atoms with van der Waals surface area (Å²) < 4.78 is 1.85. The Bertz CT molecular complexity index is 594. The number of imidazole rings is 1. The minimum Gasteiger partial charge on any atom is -0.395 e. The Labute approximate surface area is 117 Å². The zero-order valence-electron chi connectivity index (χ0n) is 11.7. The lowest BCUT2D eigenvalue weighted by atomic mass is 10.1. The van der Waals surface area contributed by atoms with E-state index in [2.05, 4.69) is 9.97 Å². The number of aryl methyl sites for hydroxylation is 2. The number of aliphatic hydroxyl groups excluding tert-OH is 1. The molecule has 0 saturated heterocycles. The van der Waals surface area contributed by atoms with Gasteiger partial charge in [-0.25, -0.2) is 4.98 Å². The van der Waals surface area contributed by atoms with Gasteiger partial charge in [0.25, 0.3) is 5.91 Å². The molecule has 1 N–H and O–H groups in total. The van der Waals surface area contributed by atoms with Crippen LogP contribution in [0.25, 0.3) is 0 Å². The van der Waals surface area contributed by atoms with Crippen molar-refractivity contribution in [2.45, 2.75) is 13.5 Å². The van der Waals surface area contributed by atoms with Gasteiger partial charge in [-0.05, 0) is 18.6 Å². The molecule has 6 heteroatoms. The van der Waals surface area contributed by atoms with Crippen molar-refractivity contribution in [3.05, 3.63) is 47.8 Å². The Morgan fingerprint density at radius 2 is 2.20 bits per heavy atom. The number of aliphatic hydroxyl groups is 1. The molecular formula is C14H18N4O2. The normalized spacial score (nSPS) is 10.6. The third-order valence-electron chi connectivity index (χ3n) is 3.20. The van der Waals surface area contributed by atoms with Gasteiger partial charge in [0.05, 0.1) is 30.7 Å². The summed E-state index contributed by atoms with van der Waals surface area (Å²) in [7, 11) is 1.87. The summed E-state index contributed by atoms with van der Waals surface area (Å²) in [6, 6.07) is 1.80. The molecule has 0 aliphatic rings. The van der Waals surface area contributed by atoms with E-state index < -0.39 is 0 Å². The summed E-state index contributed by atoms with van der Waals surface area (Å²) >= 11 is 0. The number of nitrogens with zero attached hydrogens (tertiary/aromatic N) is 4. The van der Waals surface area contributed by atoms with Gasteiger partial charge in [0.1, 0.15) is 0 Å². The van der Waals surface area contributed by atoms with E-state index in [0.717, 1.165) is 11.3 Å². The fourth-order valence-electron chi connectivity index (χ4n) is 1.96. The summed E-state index contributed by atoms with van der Waals surface area (Å²) in [6.07, 6.45) is 6.62. The van der Waals surface area contributed by atoms with Crippen molar-refractivity contribution in [1.29, 1.82) is 0 Å². The highest BCUT2D eigenvalue weighted by atomic mass is 16.3. The Hall–Kier alpha value is -2.21. The number of carbonyl (C=O) groups excluding carboxylic acids is 1. The van der Waals surface area contributed by atoms with Crippen LogP contribution >= 0.6 is 0 Å². The molecule has 1 amide bonds. The number of hydrogen-bond donors (Lipinski definition) is 1. The van der Waals surface area contributed by atoms with Crippen molar-refractivity contribution in [1.82, 2.24) is 19.4 Å². The maximum absolute atomic E-state index is 12.5. The van der Waals surface area contributed by atoms with Gasteiger partial charge in [0.15, 0.2) is 0 Å². The molecule has 0 spiro atoms. The standard InChI is InChI=1S/C14H18N4O2/c1-11-3-4-15-8-13(11)14(20)18(5-6-19)9-12-7-16-10-17(12)2/h3-4,7-8,10,19H,5-6,9H2,1-2H3. The lowest BCUT2D eigenvalue weighted by molar-refractivity contribution is 0.0703. The van der Waals surface area contributed by atoms with Crippen molar-refractivity contribution < 1.29 is 9.90 Å². The number of amides is 1. The number of rotatable bonds is 5. The van der Waals surface area contributed by atoms with Gasteiger partial charge in [-0.1, -0.05) is 0 Å². The van der Waals surface area contributed by atoms with E-state index in [1.54, 1.807) is 35.9 Å². The maximum Gasteiger partial charge on any atom is 0.256 e. The van der Waals surface area contributed by atoms with E-state index in [1.807, 2.05) is 18.5 Å². The first-order valence-corrected chi connectivity index (χ1v) is 6.39. The van der Waals surface area contributed by atoms with Gasteiger partial charge in [0.2, 0.25) is 0 Å². The fraction of sp³-hybridized carbons (Fsp3) is 0.357. The average molecular weight is 274 g/mol. The first-order chi connectivity index (χ1) is 9.63. The van der Waals surface area contributed by atoms with Gasteiger partial charge in [-0.15, -0.1) is 0 Å². The zero-order valence-corrected chi connectivity index (χ0v) is 11.7. The minimum atomic E-state index is -0.133. The summed E-state index contributed by atoms with van der Waals surface area (Å²) in [5, 5.41) is 9.17. The molecule has 106 valence electrons. The third kappa shape index (κ3) is 3.03. The summed E-state index contributed by atoms with van der Waals surface area (Å²) in [5.74, 6) is -0.133. The number of hydrogen-bond acceptors (Lipinski definition) is 4. The van der Waals surface area contributed by atoms with Gasteiger partial charge in [-0.2, -0.15) is 0 Å². The second-order valence-corrected chi connectivity index (χ2v) is 4.64. The summed E-state index contributed by atoms with van der Waals surface area (Å²) in [6.45, 7) is 2.47. The van der Waals surface area contributed by atoms with Crippen LogP contribution in [0.15, 0.2) is 31.0 Å². The number of pyridine rings is 1. The van der Waals surface area contributed by atoms with E-state index in [-0.39, 0.29) is 19.1 Å². The molecule has 0 aliphatic heterocycles. The molecule has 0 aliphatic carbocycles. The molecule has 2 aromatic rings. The summed E-state index contributed by atoms with van der Waals surface area (Å²) in [5.41, 5.74) is 2.34. The fourth-order valence-corrected chi connectivity index (χ4v) is 1.96. The molecule has 0 atom stereocenters. The Kier molecular flexibility index (Phi) is 4.47. The van der Waals surface area contributed by atoms with Crippen LogP contribution in [0.2, 0.25) is 0 Å². The first-order valence-electron chi connectivity index (χ1n) is 6.39. The van der Waals surface area contributed by atoms with Crippen LogP contribution in [-0.2, 0) is 13.6 Å². The minimum absolute atomic E-state index is 0.0805. The highest BCUT2D eigenvalue weighted by Crippen LogP contribution is 2.12. The first kappa shape index (κ1) is 14.2. The van der Waals surface area contributed by atoms with E-state index in [1.165, 1.54) is 0 Å². The molecule has 2 aromatic heterocycles. The van der Waals surface area contributed by atoms with Crippen molar-refractivity contribution in [2.24, 2.45) is 7.05 Å². The van der Waals surface area contributed by atoms with Crippen LogP contribution in [0, 0.1) is 6.92 Å². The molecule has 0 saturated carbocycles. The molecule has 0 aromatic carbocycles. The smallest absolute Gasteiger partial charge is 0.256 e. The molecule has 6 nitrogen and oxygen atoms in total. The topological polar surface area (TPSA) is 71.2 Å². The molecular weight excluding hydrogens is 256 g/mol. The van der Waals surface area contributed by atoms with Crippen LogP contribution in [0.3, 0.4) is 0 Å². The van der Waals surface area contributed by atoms with Crippen LogP contribution < -0.4 is 0 Å². The van der Waals surface area contributed by atoms with Crippen LogP contribution in [0.5, 0.6) is 0 Å². The second kappa shape index (κ2) is 6.29. The molecule has 2 rings (SSSR count). The van der Waals surface area contributed by atoms with E-state index in [0.29, 0.717) is 12.1 Å². The van der Waals surface area contributed by atoms with E-state index >= 15 is 0 Å². The Balaban J connectivity index is 2.22. The van der Waals surface area contributed by atoms with E-state index in [4.69, 9.17) is 5.11 Å². The average Bonchev–Trinajstić information content (AvgIpc) is 2.84. The highest BCUT2D eigenvalue weighted by Gasteiger charge is 2.18. The number of aromatic nitrogens is 3. The molecule has 0 radical (unpaired) electrons. The van der Waals surface area contributed by atoms with Crippen LogP contribution in [0.4, 0.5) is 0 Å². The monoisotopic (exact) mass is 274 g/mol. The summed E-state index contributed by atoms with van der Waals surface area (Å²) in [4.78, 5) is 22.2. The lowest BCUT2D eigenvalue weighted by Gasteiger charge is -2.22. The highest BCUT2D eigenvalue weighted by molar-refractivity contribution is 5.95. The van der Waals surface area contributed by atoms with Crippen LogP contribution in [0.1, 0.15) is 21.6 Å². The molecule has 0 unspecified atom stereocenters. The largest absolute Gasteiger partial charge is 0.395 e. The molecule has 20 heavy (non-hydrogen) atoms. The van der Waals surface area contributed by atoms with E-state index in [9.17, 15) is 4.79 Å². The van der Waals surface area contributed by atoms with Gasteiger partial charge in [0, 0.05) is 32.2 Å². The SMILES string of the molecule is Cc1ccncc1C(=O)N(CCO)Cc1cncn1C. The van der Waals surface area contributed by atoms with Gasteiger partial charge in [-0.3, -0.25) is 9.78 Å². The predicted octanol–water partition coefficient (Wildman–Crippen LogP) is 0.758. The second-order valence-electron chi connectivity index (χ2n) is 4.64. The number of carbonyl (C=O) groups is 1.